The Balaban J connectivity index is 0.00000400. The van der Waals surface area contributed by atoms with E-state index in [1.54, 1.807) is 13.1 Å². The molecule has 1 aromatic rings. The fourth-order valence-electron chi connectivity index (χ4n) is 1.55. The molecule has 0 fully saturated rings. The zero-order valence-corrected chi connectivity index (χ0v) is 12.6. The minimum Gasteiger partial charge on any atom is -0.493 e. The van der Waals surface area contributed by atoms with Crippen molar-refractivity contribution < 1.29 is 23.0 Å². The van der Waals surface area contributed by atoms with Gasteiger partial charge >= 0.3 is 6.61 Å². The van der Waals surface area contributed by atoms with Crippen molar-refractivity contribution in [2.75, 3.05) is 20.7 Å². The number of benzene rings is 1. The Morgan fingerprint density at radius 3 is 2.62 bits per heavy atom. The highest BCUT2D eigenvalue weighted by atomic mass is 35.5. The topological polar surface area (TPSA) is 59.6 Å². The molecule has 0 heterocycles. The Bertz CT molecular complexity index is 447. The number of methoxy groups -OCH3 is 1. The molecule has 0 unspecified atom stereocenters. The van der Waals surface area contributed by atoms with Crippen LogP contribution in [0.15, 0.2) is 18.2 Å². The number of hydrogen-bond acceptors (Lipinski definition) is 4. The maximum Gasteiger partial charge on any atom is 0.387 e. The standard InChI is InChI=1S/C13H18F2N2O3.ClH/c1-16-6-5-12(18)17-8-9-3-4-10(19-2)11(7-9)20-13(14)15;/h3-4,7,13,16H,5-6,8H2,1-2H3,(H,17,18);1H. The van der Waals surface area contributed by atoms with Crippen molar-refractivity contribution in [1.29, 1.82) is 0 Å². The first-order valence-corrected chi connectivity index (χ1v) is 6.10. The maximum atomic E-state index is 12.3. The van der Waals surface area contributed by atoms with E-state index in [9.17, 15) is 13.6 Å². The van der Waals surface area contributed by atoms with Crippen molar-refractivity contribution in [3.05, 3.63) is 23.8 Å². The molecule has 21 heavy (non-hydrogen) atoms. The first-order valence-electron chi connectivity index (χ1n) is 6.10. The lowest BCUT2D eigenvalue weighted by molar-refractivity contribution is -0.121. The van der Waals surface area contributed by atoms with Crippen molar-refractivity contribution in [1.82, 2.24) is 10.6 Å². The smallest absolute Gasteiger partial charge is 0.387 e. The fraction of sp³-hybridized carbons (Fsp3) is 0.462. The van der Waals surface area contributed by atoms with Gasteiger partial charge in [-0.15, -0.1) is 12.4 Å². The molecule has 0 aliphatic carbocycles. The third-order valence-corrected chi connectivity index (χ3v) is 2.54. The van der Waals surface area contributed by atoms with Crippen LogP contribution in [0.5, 0.6) is 11.5 Å². The molecule has 1 rings (SSSR count). The lowest BCUT2D eigenvalue weighted by Gasteiger charge is -2.12. The van der Waals surface area contributed by atoms with Crippen molar-refractivity contribution >= 4 is 18.3 Å². The summed E-state index contributed by atoms with van der Waals surface area (Å²) in [6.07, 6.45) is 0.354. The van der Waals surface area contributed by atoms with Gasteiger partial charge in [-0.2, -0.15) is 8.78 Å². The second-order valence-corrected chi connectivity index (χ2v) is 3.99. The van der Waals surface area contributed by atoms with E-state index in [-0.39, 0.29) is 36.4 Å². The number of rotatable bonds is 8. The predicted octanol–water partition coefficient (Wildman–Crippen LogP) is 1.94. The van der Waals surface area contributed by atoms with Gasteiger partial charge in [0.2, 0.25) is 5.91 Å². The first kappa shape index (κ1) is 19.4. The molecule has 120 valence electrons. The van der Waals surface area contributed by atoms with Crippen LogP contribution in [-0.4, -0.2) is 33.2 Å². The number of halogens is 3. The number of amides is 1. The minimum atomic E-state index is -2.93. The molecule has 5 nitrogen and oxygen atoms in total. The number of nitrogens with one attached hydrogen (secondary N) is 2. The van der Waals surface area contributed by atoms with Gasteiger partial charge in [0.05, 0.1) is 7.11 Å². The van der Waals surface area contributed by atoms with Gasteiger partial charge in [0.1, 0.15) is 0 Å². The Kier molecular flexibility index (Phi) is 9.40. The van der Waals surface area contributed by atoms with Gasteiger partial charge in [-0.1, -0.05) is 6.07 Å². The quantitative estimate of drug-likeness (QED) is 0.767. The molecule has 0 atom stereocenters. The van der Waals surface area contributed by atoms with Crippen LogP contribution in [0.2, 0.25) is 0 Å². The average molecular weight is 325 g/mol. The highest BCUT2D eigenvalue weighted by Crippen LogP contribution is 2.29. The van der Waals surface area contributed by atoms with E-state index in [1.807, 2.05) is 0 Å². The molecule has 0 aromatic heterocycles. The van der Waals surface area contributed by atoms with Crippen molar-refractivity contribution in [3.8, 4) is 11.5 Å². The summed E-state index contributed by atoms with van der Waals surface area (Å²) in [6, 6.07) is 4.62. The molecule has 0 aliphatic heterocycles. The van der Waals surface area contributed by atoms with Gasteiger partial charge in [0.25, 0.3) is 0 Å². The molecule has 0 spiro atoms. The molecule has 2 N–H and O–H groups in total. The summed E-state index contributed by atoms with van der Waals surface area (Å²) in [5.41, 5.74) is 0.652. The van der Waals surface area contributed by atoms with Gasteiger partial charge in [-0.3, -0.25) is 4.79 Å². The SMILES string of the molecule is CNCCC(=O)NCc1ccc(OC)c(OC(F)F)c1.Cl. The third-order valence-electron chi connectivity index (χ3n) is 2.54. The molecular weight excluding hydrogens is 306 g/mol. The van der Waals surface area contributed by atoms with E-state index >= 15 is 0 Å². The highest BCUT2D eigenvalue weighted by Gasteiger charge is 2.11. The Morgan fingerprint density at radius 1 is 1.33 bits per heavy atom. The summed E-state index contributed by atoms with van der Waals surface area (Å²) in [7, 11) is 3.12. The van der Waals surface area contributed by atoms with E-state index < -0.39 is 6.61 Å². The molecule has 8 heteroatoms. The van der Waals surface area contributed by atoms with Gasteiger partial charge < -0.3 is 20.1 Å². The summed E-state index contributed by atoms with van der Waals surface area (Å²) in [6.45, 7) is -2.11. The number of hydrogen-bond donors (Lipinski definition) is 2. The van der Waals surface area contributed by atoms with Gasteiger partial charge in [0.15, 0.2) is 11.5 Å². The van der Waals surface area contributed by atoms with E-state index in [0.29, 0.717) is 18.5 Å². The van der Waals surface area contributed by atoms with E-state index in [4.69, 9.17) is 4.74 Å². The number of carbonyl (C=O) groups excluding carboxylic acids is 1. The second kappa shape index (κ2) is 10.2. The van der Waals surface area contributed by atoms with E-state index in [0.717, 1.165) is 0 Å². The second-order valence-electron chi connectivity index (χ2n) is 3.99. The highest BCUT2D eigenvalue weighted by molar-refractivity contribution is 5.85. The van der Waals surface area contributed by atoms with Gasteiger partial charge in [-0.25, -0.2) is 0 Å². The molecule has 0 radical (unpaired) electrons. The molecule has 0 bridgehead atoms. The minimum absolute atomic E-state index is 0. The van der Waals surface area contributed by atoms with E-state index in [1.165, 1.54) is 19.2 Å². The number of alkyl halides is 2. The molecule has 1 amide bonds. The third kappa shape index (κ3) is 7.10. The van der Waals surface area contributed by atoms with Crippen molar-refractivity contribution in [2.45, 2.75) is 19.6 Å². The summed E-state index contributed by atoms with van der Waals surface area (Å²) >= 11 is 0. The Morgan fingerprint density at radius 2 is 2.05 bits per heavy atom. The van der Waals surface area contributed by atoms with Crippen LogP contribution in [0, 0.1) is 0 Å². The Hall–Kier alpha value is -1.60. The normalized spacial score (nSPS) is 9.95. The van der Waals surface area contributed by atoms with Crippen LogP contribution >= 0.6 is 12.4 Å². The monoisotopic (exact) mass is 324 g/mol. The van der Waals surface area contributed by atoms with Crippen LogP contribution in [0.3, 0.4) is 0 Å². The van der Waals surface area contributed by atoms with Gasteiger partial charge in [-0.05, 0) is 24.7 Å². The van der Waals surface area contributed by atoms with Crippen LogP contribution in [0.4, 0.5) is 8.78 Å². The van der Waals surface area contributed by atoms with Crippen molar-refractivity contribution in [2.24, 2.45) is 0 Å². The molecule has 0 aliphatic rings. The summed E-state index contributed by atoms with van der Waals surface area (Å²) in [4.78, 5) is 11.4. The Labute approximate surface area is 128 Å². The van der Waals surface area contributed by atoms with Crippen LogP contribution in [-0.2, 0) is 11.3 Å². The molecule has 1 aromatic carbocycles. The molecule has 0 saturated carbocycles. The fourth-order valence-corrected chi connectivity index (χ4v) is 1.55. The van der Waals surface area contributed by atoms with Crippen molar-refractivity contribution in [3.63, 3.8) is 0 Å². The maximum absolute atomic E-state index is 12.3. The zero-order chi connectivity index (χ0) is 15.0. The number of carbonyl (C=O) groups is 1. The van der Waals surface area contributed by atoms with Gasteiger partial charge in [0, 0.05) is 19.5 Å². The lowest BCUT2D eigenvalue weighted by Crippen LogP contribution is -2.26. The van der Waals surface area contributed by atoms with E-state index in [2.05, 4.69) is 15.4 Å². The first-order chi connectivity index (χ1) is 9.56. The molecular formula is C13H19ClF2N2O3. The summed E-state index contributed by atoms with van der Waals surface area (Å²) in [5.74, 6) is 0.0477. The number of ether oxygens (including phenoxy) is 2. The summed E-state index contributed by atoms with van der Waals surface area (Å²) in [5, 5.41) is 5.55. The lowest BCUT2D eigenvalue weighted by atomic mass is 10.2. The predicted molar refractivity (Wildman–Crippen MR) is 77.3 cm³/mol. The van der Waals surface area contributed by atoms with Crippen LogP contribution < -0.4 is 20.1 Å². The average Bonchev–Trinajstić information content (AvgIpc) is 2.42. The summed E-state index contributed by atoms with van der Waals surface area (Å²) < 4.78 is 33.8. The van der Waals surface area contributed by atoms with Crippen LogP contribution in [0.25, 0.3) is 0 Å². The zero-order valence-electron chi connectivity index (χ0n) is 11.8. The van der Waals surface area contributed by atoms with Crippen LogP contribution in [0.1, 0.15) is 12.0 Å². The largest absolute Gasteiger partial charge is 0.493 e. The molecule has 0 saturated heterocycles.